The summed E-state index contributed by atoms with van der Waals surface area (Å²) in [6.45, 7) is 8.04. The molecule has 0 aromatic carbocycles. The Morgan fingerprint density at radius 1 is 1.20 bits per heavy atom. The number of hydrogen-bond donors (Lipinski definition) is 2. The van der Waals surface area contributed by atoms with Gasteiger partial charge < -0.3 is 10.6 Å². The molecule has 0 radical (unpaired) electrons. The average molecular weight is 208 g/mol. The summed E-state index contributed by atoms with van der Waals surface area (Å²) in [6.07, 6.45) is 0. The minimum absolute atomic E-state index is 0.569. The molecule has 0 bridgehead atoms. The lowest BCUT2D eigenvalue weighted by atomic mass is 10.2. The standard InChI is InChI=1S/C11H20N4/c1-8(6-12-4)7-13-11-14-9(2)5-10(3)15-11/h5,8,12H,6-7H2,1-4H3,(H,13,14,15). The smallest absolute Gasteiger partial charge is 0.223 e. The highest BCUT2D eigenvalue weighted by atomic mass is 15.1. The van der Waals surface area contributed by atoms with Gasteiger partial charge >= 0.3 is 0 Å². The summed E-state index contributed by atoms with van der Waals surface area (Å²) in [5.74, 6) is 1.30. The third kappa shape index (κ3) is 4.25. The maximum Gasteiger partial charge on any atom is 0.223 e. The largest absolute Gasteiger partial charge is 0.354 e. The molecule has 0 fully saturated rings. The highest BCUT2D eigenvalue weighted by molar-refractivity contribution is 5.27. The third-order valence-corrected chi connectivity index (χ3v) is 2.14. The summed E-state index contributed by atoms with van der Waals surface area (Å²) in [4.78, 5) is 8.65. The van der Waals surface area contributed by atoms with Gasteiger partial charge in [0.1, 0.15) is 0 Å². The number of aromatic nitrogens is 2. The van der Waals surface area contributed by atoms with Crippen molar-refractivity contribution in [1.29, 1.82) is 0 Å². The van der Waals surface area contributed by atoms with E-state index in [2.05, 4.69) is 27.5 Å². The minimum Gasteiger partial charge on any atom is -0.354 e. The van der Waals surface area contributed by atoms with Crippen molar-refractivity contribution in [2.75, 3.05) is 25.5 Å². The van der Waals surface area contributed by atoms with E-state index in [-0.39, 0.29) is 0 Å². The van der Waals surface area contributed by atoms with E-state index in [0.29, 0.717) is 5.92 Å². The van der Waals surface area contributed by atoms with Crippen LogP contribution in [0.25, 0.3) is 0 Å². The molecule has 0 aliphatic rings. The second-order valence-corrected chi connectivity index (χ2v) is 4.02. The van der Waals surface area contributed by atoms with Gasteiger partial charge in [0.2, 0.25) is 5.95 Å². The van der Waals surface area contributed by atoms with Crippen LogP contribution >= 0.6 is 0 Å². The number of nitrogens with zero attached hydrogens (tertiary/aromatic N) is 2. The number of rotatable bonds is 5. The second kappa shape index (κ2) is 5.66. The third-order valence-electron chi connectivity index (χ3n) is 2.14. The molecule has 1 unspecified atom stereocenters. The fourth-order valence-corrected chi connectivity index (χ4v) is 1.49. The molecule has 0 spiro atoms. The summed E-state index contributed by atoms with van der Waals surface area (Å²) < 4.78 is 0. The van der Waals surface area contributed by atoms with Crippen molar-refractivity contribution in [3.8, 4) is 0 Å². The van der Waals surface area contributed by atoms with E-state index in [1.165, 1.54) is 0 Å². The maximum absolute atomic E-state index is 4.32. The Morgan fingerprint density at radius 2 is 1.80 bits per heavy atom. The van der Waals surface area contributed by atoms with E-state index >= 15 is 0 Å². The molecule has 0 saturated carbocycles. The van der Waals surface area contributed by atoms with E-state index < -0.39 is 0 Å². The molecule has 1 aromatic heterocycles. The fraction of sp³-hybridized carbons (Fsp3) is 0.636. The molecule has 0 saturated heterocycles. The molecule has 15 heavy (non-hydrogen) atoms. The number of nitrogens with one attached hydrogen (secondary N) is 2. The van der Waals surface area contributed by atoms with Crippen molar-refractivity contribution in [3.63, 3.8) is 0 Å². The average Bonchev–Trinajstić information content (AvgIpc) is 2.14. The molecule has 4 heteroatoms. The topological polar surface area (TPSA) is 49.8 Å². The van der Waals surface area contributed by atoms with Gasteiger partial charge in [0.25, 0.3) is 0 Å². The molecule has 0 aliphatic carbocycles. The van der Waals surface area contributed by atoms with Crippen LogP contribution in [-0.2, 0) is 0 Å². The lowest BCUT2D eigenvalue weighted by Gasteiger charge is -2.12. The van der Waals surface area contributed by atoms with E-state index in [0.717, 1.165) is 30.4 Å². The molecule has 1 atom stereocenters. The molecule has 84 valence electrons. The summed E-state index contributed by atoms with van der Waals surface area (Å²) in [5.41, 5.74) is 2.01. The van der Waals surface area contributed by atoms with Crippen LogP contribution in [0.2, 0.25) is 0 Å². The number of anilines is 1. The number of aryl methyl sites for hydroxylation is 2. The predicted molar refractivity (Wildman–Crippen MR) is 63.1 cm³/mol. The first-order valence-electron chi connectivity index (χ1n) is 5.32. The van der Waals surface area contributed by atoms with Crippen LogP contribution in [0.5, 0.6) is 0 Å². The molecule has 1 aromatic rings. The summed E-state index contributed by atoms with van der Waals surface area (Å²) >= 11 is 0. The van der Waals surface area contributed by atoms with Crippen LogP contribution in [0.4, 0.5) is 5.95 Å². The maximum atomic E-state index is 4.32. The normalized spacial score (nSPS) is 12.5. The zero-order chi connectivity index (χ0) is 11.3. The van der Waals surface area contributed by atoms with Gasteiger partial charge in [-0.1, -0.05) is 6.92 Å². The van der Waals surface area contributed by atoms with Gasteiger partial charge in [0.05, 0.1) is 0 Å². The second-order valence-electron chi connectivity index (χ2n) is 4.02. The first-order valence-corrected chi connectivity index (χ1v) is 5.32. The van der Waals surface area contributed by atoms with Gasteiger partial charge in [-0.15, -0.1) is 0 Å². The van der Waals surface area contributed by atoms with Gasteiger partial charge in [0, 0.05) is 17.9 Å². The van der Waals surface area contributed by atoms with Crippen molar-refractivity contribution in [2.24, 2.45) is 5.92 Å². The van der Waals surface area contributed by atoms with Crippen molar-refractivity contribution in [1.82, 2.24) is 15.3 Å². The van der Waals surface area contributed by atoms with Crippen LogP contribution in [0, 0.1) is 19.8 Å². The Kier molecular flexibility index (Phi) is 4.49. The van der Waals surface area contributed by atoms with Crippen LogP contribution in [0.15, 0.2) is 6.07 Å². The molecule has 1 heterocycles. The van der Waals surface area contributed by atoms with Crippen molar-refractivity contribution in [3.05, 3.63) is 17.5 Å². The van der Waals surface area contributed by atoms with Gasteiger partial charge in [-0.2, -0.15) is 0 Å². The van der Waals surface area contributed by atoms with Crippen LogP contribution < -0.4 is 10.6 Å². The van der Waals surface area contributed by atoms with Crippen LogP contribution in [-0.4, -0.2) is 30.1 Å². The van der Waals surface area contributed by atoms with Gasteiger partial charge in [-0.3, -0.25) is 0 Å². The lowest BCUT2D eigenvalue weighted by molar-refractivity contribution is 0.567. The van der Waals surface area contributed by atoms with Gasteiger partial charge in [-0.05, 0) is 39.4 Å². The fourth-order valence-electron chi connectivity index (χ4n) is 1.49. The molecule has 0 amide bonds. The van der Waals surface area contributed by atoms with Crippen molar-refractivity contribution >= 4 is 5.95 Å². The molecule has 2 N–H and O–H groups in total. The van der Waals surface area contributed by atoms with E-state index in [1.54, 1.807) is 0 Å². The quantitative estimate of drug-likeness (QED) is 0.767. The first kappa shape index (κ1) is 11.9. The molecule has 4 nitrogen and oxygen atoms in total. The molecular weight excluding hydrogens is 188 g/mol. The predicted octanol–water partition coefficient (Wildman–Crippen LogP) is 1.36. The SMILES string of the molecule is CNCC(C)CNc1nc(C)cc(C)n1. The number of hydrogen-bond acceptors (Lipinski definition) is 4. The van der Waals surface area contributed by atoms with Crippen LogP contribution in [0.3, 0.4) is 0 Å². The first-order chi connectivity index (χ1) is 7.11. The Bertz CT molecular complexity index is 291. The molecular formula is C11H20N4. The minimum atomic E-state index is 0.569. The Labute approximate surface area is 91.5 Å². The van der Waals surface area contributed by atoms with E-state index in [9.17, 15) is 0 Å². The van der Waals surface area contributed by atoms with Crippen LogP contribution in [0.1, 0.15) is 18.3 Å². The molecule has 1 rings (SSSR count). The highest BCUT2D eigenvalue weighted by Crippen LogP contribution is 2.04. The Morgan fingerprint density at radius 3 is 2.33 bits per heavy atom. The molecule has 0 aliphatic heterocycles. The summed E-state index contributed by atoms with van der Waals surface area (Å²) in [6, 6.07) is 1.97. The highest BCUT2D eigenvalue weighted by Gasteiger charge is 2.02. The lowest BCUT2D eigenvalue weighted by Crippen LogP contribution is -2.23. The van der Waals surface area contributed by atoms with Gasteiger partial charge in [0.15, 0.2) is 0 Å². The summed E-state index contributed by atoms with van der Waals surface area (Å²) in [5, 5.41) is 6.39. The zero-order valence-corrected chi connectivity index (χ0v) is 9.96. The van der Waals surface area contributed by atoms with E-state index in [4.69, 9.17) is 0 Å². The Balaban J connectivity index is 2.50. The monoisotopic (exact) mass is 208 g/mol. The van der Waals surface area contributed by atoms with Crippen molar-refractivity contribution < 1.29 is 0 Å². The Hall–Kier alpha value is -1.16. The van der Waals surface area contributed by atoms with Crippen molar-refractivity contribution in [2.45, 2.75) is 20.8 Å². The van der Waals surface area contributed by atoms with Gasteiger partial charge in [-0.25, -0.2) is 9.97 Å². The summed E-state index contributed by atoms with van der Waals surface area (Å²) in [7, 11) is 1.96. The zero-order valence-electron chi connectivity index (χ0n) is 9.96. The van der Waals surface area contributed by atoms with E-state index in [1.807, 2.05) is 27.0 Å².